The van der Waals surface area contributed by atoms with Gasteiger partial charge >= 0.3 is 12.1 Å². The number of carboxylic acids is 1. The zero-order valence-corrected chi connectivity index (χ0v) is 9.81. The summed E-state index contributed by atoms with van der Waals surface area (Å²) in [4.78, 5) is 21.8. The Morgan fingerprint density at radius 1 is 1.53 bits per heavy atom. The van der Waals surface area contributed by atoms with Crippen LogP contribution < -0.4 is 5.32 Å². The molecular formula is C10H14N2O5. The number of rotatable bonds is 3. The molecule has 0 unspecified atom stereocenters. The number of hydrogen-bond donors (Lipinski definition) is 2. The number of hydrogen-bond acceptors (Lipinski definition) is 5. The highest BCUT2D eigenvalue weighted by Crippen LogP contribution is 2.07. The molecule has 0 aliphatic heterocycles. The van der Waals surface area contributed by atoms with Crippen LogP contribution in [0.5, 0.6) is 0 Å². The average molecular weight is 242 g/mol. The molecule has 7 heteroatoms. The maximum absolute atomic E-state index is 11.3. The van der Waals surface area contributed by atoms with Crippen molar-refractivity contribution in [3.63, 3.8) is 0 Å². The van der Waals surface area contributed by atoms with Crippen LogP contribution in [0, 0.1) is 0 Å². The van der Waals surface area contributed by atoms with E-state index in [-0.39, 0.29) is 12.3 Å². The van der Waals surface area contributed by atoms with E-state index in [2.05, 4.69) is 15.0 Å². The Morgan fingerprint density at radius 2 is 2.18 bits per heavy atom. The lowest BCUT2D eigenvalue weighted by Crippen LogP contribution is -2.32. The number of aromatic nitrogens is 1. The van der Waals surface area contributed by atoms with Crippen molar-refractivity contribution in [2.24, 2.45) is 0 Å². The first kappa shape index (κ1) is 13.0. The van der Waals surface area contributed by atoms with E-state index in [1.807, 2.05) is 0 Å². The zero-order valence-electron chi connectivity index (χ0n) is 9.81. The number of ether oxygens (including phenoxy) is 1. The molecular weight excluding hydrogens is 228 g/mol. The molecule has 0 aromatic carbocycles. The summed E-state index contributed by atoms with van der Waals surface area (Å²) in [6.07, 6.45) is -0.600. The fourth-order valence-electron chi connectivity index (χ4n) is 0.973. The normalized spacial score (nSPS) is 11.0. The van der Waals surface area contributed by atoms with Crippen LogP contribution in [0.2, 0.25) is 0 Å². The molecule has 0 radical (unpaired) electrons. The van der Waals surface area contributed by atoms with Gasteiger partial charge in [-0.1, -0.05) is 5.16 Å². The van der Waals surface area contributed by atoms with Crippen LogP contribution in [-0.4, -0.2) is 27.9 Å². The van der Waals surface area contributed by atoms with Crippen molar-refractivity contribution in [2.45, 2.75) is 32.9 Å². The minimum Gasteiger partial charge on any atom is -0.475 e. The molecule has 0 aliphatic rings. The van der Waals surface area contributed by atoms with Crippen molar-refractivity contribution in [1.29, 1.82) is 0 Å². The molecule has 0 aliphatic carbocycles. The third-order valence-corrected chi connectivity index (χ3v) is 1.58. The lowest BCUT2D eigenvalue weighted by atomic mass is 10.2. The van der Waals surface area contributed by atoms with E-state index in [0.717, 1.165) is 0 Å². The Bertz CT molecular complexity index is 419. The van der Waals surface area contributed by atoms with Gasteiger partial charge in [0.2, 0.25) is 5.76 Å². The first-order valence-corrected chi connectivity index (χ1v) is 4.93. The number of amides is 1. The highest BCUT2D eigenvalue weighted by atomic mass is 16.6. The van der Waals surface area contributed by atoms with Crippen LogP contribution in [0.3, 0.4) is 0 Å². The third-order valence-electron chi connectivity index (χ3n) is 1.58. The van der Waals surface area contributed by atoms with Crippen molar-refractivity contribution in [2.75, 3.05) is 0 Å². The van der Waals surface area contributed by atoms with Crippen molar-refractivity contribution in [3.05, 3.63) is 17.5 Å². The summed E-state index contributed by atoms with van der Waals surface area (Å²) in [6.45, 7) is 5.27. The molecule has 0 spiro atoms. The van der Waals surface area contributed by atoms with Gasteiger partial charge in [-0.05, 0) is 20.8 Å². The second kappa shape index (κ2) is 4.86. The van der Waals surface area contributed by atoms with E-state index < -0.39 is 17.7 Å². The van der Waals surface area contributed by atoms with Crippen LogP contribution in [0.25, 0.3) is 0 Å². The molecule has 1 aromatic rings. The van der Waals surface area contributed by atoms with Crippen LogP contribution in [-0.2, 0) is 11.3 Å². The SMILES string of the molecule is CC(C)(C)OC(=O)NCc1cc(C(=O)O)on1. The van der Waals surface area contributed by atoms with Gasteiger partial charge in [0, 0.05) is 6.07 Å². The van der Waals surface area contributed by atoms with E-state index in [9.17, 15) is 9.59 Å². The first-order chi connectivity index (χ1) is 7.78. The van der Waals surface area contributed by atoms with Gasteiger partial charge in [0.05, 0.1) is 6.54 Å². The predicted octanol–water partition coefficient (Wildman–Crippen LogP) is 1.40. The van der Waals surface area contributed by atoms with Crippen LogP contribution in [0.15, 0.2) is 10.6 Å². The van der Waals surface area contributed by atoms with Gasteiger partial charge in [0.1, 0.15) is 11.3 Å². The minimum atomic E-state index is -1.21. The number of alkyl carbamates (subject to hydrolysis) is 1. The Balaban J connectivity index is 2.45. The maximum atomic E-state index is 11.3. The number of aromatic carboxylic acids is 1. The number of nitrogens with zero attached hydrogens (tertiary/aromatic N) is 1. The second-order valence-electron chi connectivity index (χ2n) is 4.34. The maximum Gasteiger partial charge on any atom is 0.407 e. The lowest BCUT2D eigenvalue weighted by molar-refractivity contribution is 0.0521. The van der Waals surface area contributed by atoms with Gasteiger partial charge in [0.25, 0.3) is 0 Å². The molecule has 0 bridgehead atoms. The molecule has 2 N–H and O–H groups in total. The summed E-state index contributed by atoms with van der Waals surface area (Å²) < 4.78 is 9.51. The number of carboxylic acid groups (broad SMARTS) is 1. The molecule has 7 nitrogen and oxygen atoms in total. The topological polar surface area (TPSA) is 102 Å². The average Bonchev–Trinajstić information content (AvgIpc) is 2.60. The molecule has 94 valence electrons. The highest BCUT2D eigenvalue weighted by Gasteiger charge is 2.17. The minimum absolute atomic E-state index is 0.0473. The number of nitrogens with one attached hydrogen (secondary N) is 1. The highest BCUT2D eigenvalue weighted by molar-refractivity contribution is 5.84. The summed E-state index contributed by atoms with van der Waals surface area (Å²) in [5.74, 6) is -1.48. The standard InChI is InChI=1S/C10H14N2O5/c1-10(2,3)16-9(15)11-5-6-4-7(8(13)14)17-12-6/h4H,5H2,1-3H3,(H,11,15)(H,13,14). The van der Waals surface area contributed by atoms with Crippen molar-refractivity contribution >= 4 is 12.1 Å². The van der Waals surface area contributed by atoms with Crippen LogP contribution in [0.1, 0.15) is 37.0 Å². The van der Waals surface area contributed by atoms with Crippen molar-refractivity contribution in [1.82, 2.24) is 10.5 Å². The van der Waals surface area contributed by atoms with Gasteiger partial charge in [-0.2, -0.15) is 0 Å². The van der Waals surface area contributed by atoms with Crippen molar-refractivity contribution in [3.8, 4) is 0 Å². The summed E-state index contributed by atoms with van der Waals surface area (Å²) in [5.41, 5.74) is -0.270. The molecule has 0 atom stereocenters. The Labute approximate surface area is 97.7 Å². The molecule has 1 heterocycles. The fourth-order valence-corrected chi connectivity index (χ4v) is 0.973. The molecule has 1 amide bonds. The van der Waals surface area contributed by atoms with E-state index in [0.29, 0.717) is 5.69 Å². The quantitative estimate of drug-likeness (QED) is 0.830. The first-order valence-electron chi connectivity index (χ1n) is 4.93. The summed E-state index contributed by atoms with van der Waals surface area (Å²) in [6, 6.07) is 1.24. The summed E-state index contributed by atoms with van der Waals surface area (Å²) >= 11 is 0. The number of carbonyl (C=O) groups is 2. The van der Waals surface area contributed by atoms with Crippen LogP contribution >= 0.6 is 0 Å². The fraction of sp³-hybridized carbons (Fsp3) is 0.500. The third kappa shape index (κ3) is 4.54. The number of carbonyl (C=O) groups excluding carboxylic acids is 1. The molecule has 17 heavy (non-hydrogen) atoms. The van der Waals surface area contributed by atoms with E-state index in [1.54, 1.807) is 20.8 Å². The molecule has 1 rings (SSSR count). The second-order valence-corrected chi connectivity index (χ2v) is 4.34. The Kier molecular flexibility index (Phi) is 3.72. The van der Waals surface area contributed by atoms with E-state index in [4.69, 9.17) is 9.84 Å². The summed E-state index contributed by atoms with van der Waals surface area (Å²) in [7, 11) is 0. The molecule has 0 fully saturated rings. The predicted molar refractivity (Wildman–Crippen MR) is 56.5 cm³/mol. The van der Waals surface area contributed by atoms with Crippen molar-refractivity contribution < 1.29 is 24.0 Å². The molecule has 0 saturated heterocycles. The molecule has 0 saturated carbocycles. The summed E-state index contributed by atoms with van der Waals surface area (Å²) in [5, 5.41) is 14.5. The molecule has 1 aromatic heterocycles. The van der Waals surface area contributed by atoms with Gasteiger partial charge in [0.15, 0.2) is 0 Å². The van der Waals surface area contributed by atoms with Crippen LogP contribution in [0.4, 0.5) is 4.79 Å². The van der Waals surface area contributed by atoms with E-state index in [1.165, 1.54) is 6.07 Å². The Morgan fingerprint density at radius 3 is 2.65 bits per heavy atom. The Hall–Kier alpha value is -2.05. The van der Waals surface area contributed by atoms with Gasteiger partial charge in [-0.15, -0.1) is 0 Å². The zero-order chi connectivity index (χ0) is 13.1. The monoisotopic (exact) mass is 242 g/mol. The largest absolute Gasteiger partial charge is 0.475 e. The lowest BCUT2D eigenvalue weighted by Gasteiger charge is -2.19. The smallest absolute Gasteiger partial charge is 0.407 e. The van der Waals surface area contributed by atoms with Gasteiger partial charge in [-0.25, -0.2) is 9.59 Å². The van der Waals surface area contributed by atoms with Gasteiger partial charge in [-0.3, -0.25) is 0 Å². The van der Waals surface area contributed by atoms with Gasteiger partial charge < -0.3 is 19.7 Å². The van der Waals surface area contributed by atoms with E-state index >= 15 is 0 Å².